The molecule has 0 fully saturated rings. The zero-order valence-corrected chi connectivity index (χ0v) is 10.0. The summed E-state index contributed by atoms with van der Waals surface area (Å²) >= 11 is 7.50. The molecule has 0 aliphatic heterocycles. The van der Waals surface area contributed by atoms with E-state index in [0.29, 0.717) is 0 Å². The lowest BCUT2D eigenvalue weighted by Crippen LogP contribution is -2.45. The Morgan fingerprint density at radius 1 is 1.20 bits per heavy atom. The van der Waals surface area contributed by atoms with E-state index in [4.69, 9.17) is 5.11 Å². The van der Waals surface area contributed by atoms with Crippen LogP contribution in [0.1, 0.15) is 13.8 Å². The van der Waals surface area contributed by atoms with E-state index >= 15 is 0 Å². The van der Waals surface area contributed by atoms with E-state index in [1.165, 1.54) is 13.8 Å². The van der Waals surface area contributed by atoms with E-state index in [0.717, 1.165) is 8.61 Å². The lowest BCUT2D eigenvalue weighted by molar-refractivity contribution is -0.145. The van der Waals surface area contributed by atoms with Gasteiger partial charge in [-0.3, -0.25) is 18.2 Å². The molecule has 15 heavy (non-hydrogen) atoms. The van der Waals surface area contributed by atoms with Crippen LogP contribution in [0.4, 0.5) is 0 Å². The molecule has 86 valence electrons. The summed E-state index contributed by atoms with van der Waals surface area (Å²) in [5.41, 5.74) is 0. The molecule has 0 aliphatic carbocycles. The minimum atomic E-state index is -1.25. The van der Waals surface area contributed by atoms with Crippen LogP contribution >= 0.6 is 25.6 Å². The van der Waals surface area contributed by atoms with Gasteiger partial charge in [0.15, 0.2) is 6.04 Å². The maximum atomic E-state index is 10.9. The van der Waals surface area contributed by atoms with Gasteiger partial charge < -0.3 is 5.11 Å². The Labute approximate surface area is 98.3 Å². The van der Waals surface area contributed by atoms with Crippen molar-refractivity contribution in [1.82, 2.24) is 8.61 Å². The predicted molar refractivity (Wildman–Crippen MR) is 59.3 cm³/mol. The molecule has 0 aliphatic rings. The van der Waals surface area contributed by atoms with Crippen LogP contribution in [0.2, 0.25) is 0 Å². The predicted octanol–water partition coefficient (Wildman–Crippen LogP) is -0.174. The molecule has 0 radical (unpaired) electrons. The van der Waals surface area contributed by atoms with Gasteiger partial charge in [0.25, 0.3) is 0 Å². The lowest BCUT2D eigenvalue weighted by atomic mass is 10.3. The Hall–Kier alpha value is -0.890. The maximum Gasteiger partial charge on any atom is 0.329 e. The van der Waals surface area contributed by atoms with Crippen molar-refractivity contribution in [2.24, 2.45) is 0 Å². The largest absolute Gasteiger partial charge is 0.480 e. The second-order valence-corrected chi connectivity index (χ2v) is 3.73. The number of aliphatic carboxylic acids is 1. The molecular formula is C7H12N2O4S2. The molecule has 1 unspecified atom stereocenters. The van der Waals surface area contributed by atoms with Crippen LogP contribution in [0.25, 0.3) is 0 Å². The number of carbonyl (C=O) groups is 3. The second kappa shape index (κ2) is 5.86. The van der Waals surface area contributed by atoms with Gasteiger partial charge in [0.1, 0.15) is 0 Å². The van der Waals surface area contributed by atoms with E-state index in [2.05, 4.69) is 25.6 Å². The molecule has 0 spiro atoms. The van der Waals surface area contributed by atoms with Crippen LogP contribution in [0.15, 0.2) is 0 Å². The number of carboxylic acids is 1. The second-order valence-electron chi connectivity index (χ2n) is 2.82. The molecule has 0 heterocycles. The fourth-order valence-corrected chi connectivity index (χ4v) is 1.10. The van der Waals surface area contributed by atoms with Gasteiger partial charge >= 0.3 is 5.97 Å². The van der Waals surface area contributed by atoms with Crippen molar-refractivity contribution < 1.29 is 19.5 Å². The topological polar surface area (TPSA) is 77.9 Å². The van der Waals surface area contributed by atoms with Crippen molar-refractivity contribution in [2.45, 2.75) is 19.9 Å². The molecule has 0 bridgehead atoms. The average molecular weight is 252 g/mol. The van der Waals surface area contributed by atoms with Gasteiger partial charge in [-0.2, -0.15) is 0 Å². The van der Waals surface area contributed by atoms with Crippen LogP contribution in [-0.4, -0.2) is 44.1 Å². The zero-order chi connectivity index (χ0) is 12.2. The maximum absolute atomic E-state index is 10.9. The molecule has 6 nitrogen and oxygen atoms in total. The molecule has 0 rings (SSSR count). The number of amides is 2. The van der Waals surface area contributed by atoms with Gasteiger partial charge in [-0.1, -0.05) is 25.6 Å². The van der Waals surface area contributed by atoms with Crippen LogP contribution in [0.3, 0.4) is 0 Å². The first-order chi connectivity index (χ1) is 6.77. The van der Waals surface area contributed by atoms with E-state index in [-0.39, 0.29) is 6.54 Å². The average Bonchev–Trinajstić information content (AvgIpc) is 2.11. The number of carbonyl (C=O) groups excluding carboxylic acids is 2. The minimum absolute atomic E-state index is 0.225. The summed E-state index contributed by atoms with van der Waals surface area (Å²) in [7, 11) is 0. The normalized spacial score (nSPS) is 11.7. The quantitative estimate of drug-likeness (QED) is 0.607. The molecule has 0 aromatic heterocycles. The van der Waals surface area contributed by atoms with Gasteiger partial charge in [0.05, 0.1) is 6.54 Å². The first-order valence-corrected chi connectivity index (χ1v) is 4.75. The van der Waals surface area contributed by atoms with Crippen molar-refractivity contribution in [3.8, 4) is 0 Å². The molecule has 0 aromatic carbocycles. The van der Waals surface area contributed by atoms with Crippen LogP contribution in [-0.2, 0) is 14.4 Å². The summed E-state index contributed by atoms with van der Waals surface area (Å²) in [6, 6.07) is -1.22. The van der Waals surface area contributed by atoms with Gasteiger partial charge in [-0.05, 0) is 0 Å². The highest BCUT2D eigenvalue weighted by molar-refractivity contribution is 7.78. The monoisotopic (exact) mass is 252 g/mol. The molecule has 8 heteroatoms. The molecule has 1 N–H and O–H groups in total. The third kappa shape index (κ3) is 4.43. The molecule has 2 amide bonds. The number of hydrogen-bond acceptors (Lipinski definition) is 5. The van der Waals surface area contributed by atoms with E-state index < -0.39 is 23.8 Å². The van der Waals surface area contributed by atoms with Crippen molar-refractivity contribution in [1.29, 1.82) is 0 Å². The van der Waals surface area contributed by atoms with E-state index in [9.17, 15) is 14.4 Å². The van der Waals surface area contributed by atoms with E-state index in [1.807, 2.05) is 0 Å². The fourth-order valence-electron chi connectivity index (χ4n) is 0.772. The third-order valence-corrected chi connectivity index (χ3v) is 2.62. The van der Waals surface area contributed by atoms with Crippen molar-refractivity contribution in [3.05, 3.63) is 0 Å². The summed E-state index contributed by atoms with van der Waals surface area (Å²) in [4.78, 5) is 32.5. The Morgan fingerprint density at radius 2 is 1.67 bits per heavy atom. The number of thiol groups is 2. The zero-order valence-electron chi connectivity index (χ0n) is 8.25. The highest BCUT2D eigenvalue weighted by Crippen LogP contribution is 2.08. The highest BCUT2D eigenvalue weighted by Gasteiger charge is 2.28. The summed E-state index contributed by atoms with van der Waals surface area (Å²) in [6.45, 7) is 2.19. The summed E-state index contributed by atoms with van der Waals surface area (Å²) in [5.74, 6) is -2.17. The van der Waals surface area contributed by atoms with Gasteiger partial charge in [0.2, 0.25) is 11.8 Å². The molecule has 0 saturated heterocycles. The Morgan fingerprint density at radius 3 is 1.93 bits per heavy atom. The van der Waals surface area contributed by atoms with Crippen molar-refractivity contribution in [3.63, 3.8) is 0 Å². The Bertz CT molecular complexity index is 284. The summed E-state index contributed by atoms with van der Waals surface area (Å²) < 4.78 is 1.65. The smallest absolute Gasteiger partial charge is 0.329 e. The van der Waals surface area contributed by atoms with Crippen LogP contribution < -0.4 is 0 Å². The first kappa shape index (κ1) is 14.1. The SMILES string of the molecule is CC(=O)N(S)CC(C(=O)O)N(S)C(C)=O. The lowest BCUT2D eigenvalue weighted by Gasteiger charge is -2.25. The van der Waals surface area contributed by atoms with Crippen molar-refractivity contribution in [2.75, 3.05) is 6.54 Å². The Kier molecular flexibility index (Phi) is 5.51. The Balaban J connectivity index is 4.62. The summed E-state index contributed by atoms with van der Waals surface area (Å²) in [5, 5.41) is 8.81. The number of nitrogens with zero attached hydrogens (tertiary/aromatic N) is 2. The number of carboxylic acid groups (broad SMARTS) is 1. The van der Waals surface area contributed by atoms with E-state index in [1.54, 1.807) is 0 Å². The fraction of sp³-hybridized carbons (Fsp3) is 0.571. The van der Waals surface area contributed by atoms with Crippen LogP contribution in [0, 0.1) is 0 Å². The van der Waals surface area contributed by atoms with Crippen LogP contribution in [0.5, 0.6) is 0 Å². The summed E-state index contributed by atoms with van der Waals surface area (Å²) in [6.07, 6.45) is 0. The first-order valence-electron chi connectivity index (χ1n) is 3.95. The molecule has 1 atom stereocenters. The number of hydrogen-bond donors (Lipinski definition) is 3. The minimum Gasteiger partial charge on any atom is -0.480 e. The molecular weight excluding hydrogens is 240 g/mol. The van der Waals surface area contributed by atoms with Gasteiger partial charge in [-0.25, -0.2) is 4.79 Å². The molecule has 0 saturated carbocycles. The third-order valence-electron chi connectivity index (χ3n) is 1.61. The van der Waals surface area contributed by atoms with Gasteiger partial charge in [-0.15, -0.1) is 0 Å². The number of rotatable bonds is 4. The van der Waals surface area contributed by atoms with Gasteiger partial charge in [0, 0.05) is 13.8 Å². The highest BCUT2D eigenvalue weighted by atomic mass is 32.1. The van der Waals surface area contributed by atoms with Crippen molar-refractivity contribution >= 4 is 43.4 Å². The standard InChI is InChI=1S/C7H12N2O4S2/c1-4(10)8(14)3-6(7(12)13)9(15)5(2)11/h6,14-15H,3H2,1-2H3,(H,12,13). The molecule has 0 aromatic rings.